The number of aliphatic hydroxyl groups is 1. The highest BCUT2D eigenvalue weighted by molar-refractivity contribution is 6.10. The molecule has 0 saturated heterocycles. The van der Waals surface area contributed by atoms with Crippen LogP contribution in [0.2, 0.25) is 0 Å². The Morgan fingerprint density at radius 2 is 2.10 bits per heavy atom. The van der Waals surface area contributed by atoms with Crippen molar-refractivity contribution in [3.8, 4) is 17.3 Å². The molecule has 0 fully saturated rings. The SMILES string of the molecule is CC(C)n1ccnc1-c1cccc(N2Cc3cc4c(cc3C2=O)OC(F)(F)C4O)n1. The minimum absolute atomic E-state index is 0.0194. The molecule has 1 unspecified atom stereocenters. The Balaban J connectivity index is 1.50. The zero-order chi connectivity index (χ0) is 21.2. The molecule has 1 amide bonds. The number of hydrogen-bond donors (Lipinski definition) is 1. The van der Waals surface area contributed by atoms with Gasteiger partial charge in [-0.1, -0.05) is 6.07 Å². The van der Waals surface area contributed by atoms with Crippen LogP contribution in [-0.4, -0.2) is 31.7 Å². The van der Waals surface area contributed by atoms with Gasteiger partial charge in [0.1, 0.15) is 17.3 Å². The Kier molecular flexibility index (Phi) is 3.94. The molecular weight excluding hydrogens is 394 g/mol. The van der Waals surface area contributed by atoms with E-state index >= 15 is 0 Å². The number of aliphatic hydroxyl groups excluding tert-OH is 1. The van der Waals surface area contributed by atoms with Crippen LogP contribution in [0.1, 0.15) is 47.5 Å². The van der Waals surface area contributed by atoms with Crippen LogP contribution in [0.25, 0.3) is 11.5 Å². The lowest BCUT2D eigenvalue weighted by Crippen LogP contribution is -2.26. The van der Waals surface area contributed by atoms with E-state index in [2.05, 4.69) is 14.7 Å². The quantitative estimate of drug-likeness (QED) is 0.710. The molecule has 0 bridgehead atoms. The van der Waals surface area contributed by atoms with Crippen molar-refractivity contribution < 1.29 is 23.4 Å². The van der Waals surface area contributed by atoms with Gasteiger partial charge in [0.25, 0.3) is 5.91 Å². The minimum Gasteiger partial charge on any atom is -0.430 e. The summed E-state index contributed by atoms with van der Waals surface area (Å²) < 4.78 is 33.8. The van der Waals surface area contributed by atoms with Gasteiger partial charge < -0.3 is 14.4 Å². The lowest BCUT2D eigenvalue weighted by atomic mass is 10.0. The molecule has 4 heterocycles. The van der Waals surface area contributed by atoms with E-state index in [4.69, 9.17) is 0 Å². The second-order valence-electron chi connectivity index (χ2n) is 7.64. The topological polar surface area (TPSA) is 80.5 Å². The first-order valence-corrected chi connectivity index (χ1v) is 9.50. The van der Waals surface area contributed by atoms with Gasteiger partial charge in [-0.25, -0.2) is 9.97 Å². The lowest BCUT2D eigenvalue weighted by molar-refractivity contribution is -0.224. The van der Waals surface area contributed by atoms with Crippen LogP contribution in [0, 0.1) is 0 Å². The summed E-state index contributed by atoms with van der Waals surface area (Å²) in [5.74, 6) is 0.577. The molecular formula is C21H18F2N4O3. The van der Waals surface area contributed by atoms with Crippen molar-refractivity contribution in [2.45, 2.75) is 38.6 Å². The number of anilines is 1. The van der Waals surface area contributed by atoms with E-state index in [0.717, 1.165) is 0 Å². The molecule has 1 aromatic carbocycles. The molecule has 5 rings (SSSR count). The van der Waals surface area contributed by atoms with Crippen molar-refractivity contribution in [1.82, 2.24) is 14.5 Å². The summed E-state index contributed by atoms with van der Waals surface area (Å²) in [5, 5.41) is 9.81. The van der Waals surface area contributed by atoms with Crippen LogP contribution >= 0.6 is 0 Å². The lowest BCUT2D eigenvalue weighted by Gasteiger charge is -2.16. The molecule has 3 aromatic rings. The van der Waals surface area contributed by atoms with Crippen molar-refractivity contribution in [1.29, 1.82) is 0 Å². The number of amides is 1. The van der Waals surface area contributed by atoms with Crippen LogP contribution in [0.4, 0.5) is 14.6 Å². The first-order valence-electron chi connectivity index (χ1n) is 9.50. The average molecular weight is 412 g/mol. The number of fused-ring (bicyclic) bond motifs is 2. The van der Waals surface area contributed by atoms with E-state index in [9.17, 15) is 18.7 Å². The second-order valence-corrected chi connectivity index (χ2v) is 7.64. The molecule has 1 N–H and O–H groups in total. The number of carbonyl (C=O) groups is 1. The van der Waals surface area contributed by atoms with Gasteiger partial charge in [-0.05, 0) is 43.7 Å². The van der Waals surface area contributed by atoms with Crippen molar-refractivity contribution >= 4 is 11.7 Å². The van der Waals surface area contributed by atoms with Gasteiger partial charge in [-0.15, -0.1) is 0 Å². The number of pyridine rings is 1. The Bertz CT molecular complexity index is 1170. The summed E-state index contributed by atoms with van der Waals surface area (Å²) in [4.78, 5) is 23.4. The molecule has 154 valence electrons. The van der Waals surface area contributed by atoms with Gasteiger partial charge in [-0.3, -0.25) is 9.69 Å². The number of ether oxygens (including phenoxy) is 1. The molecule has 9 heteroatoms. The first kappa shape index (κ1) is 18.7. The van der Waals surface area contributed by atoms with Gasteiger partial charge >= 0.3 is 6.11 Å². The maximum atomic E-state index is 13.6. The van der Waals surface area contributed by atoms with E-state index in [1.807, 2.05) is 30.7 Å². The minimum atomic E-state index is -3.70. The third-order valence-corrected chi connectivity index (χ3v) is 5.36. The number of hydrogen-bond acceptors (Lipinski definition) is 5. The molecule has 0 spiro atoms. The smallest absolute Gasteiger partial charge is 0.429 e. The normalized spacial score (nSPS) is 19.2. The molecule has 0 saturated carbocycles. The number of alkyl halides is 2. The Morgan fingerprint density at radius 3 is 2.87 bits per heavy atom. The van der Waals surface area contributed by atoms with Crippen LogP contribution in [-0.2, 0) is 6.54 Å². The summed E-state index contributed by atoms with van der Waals surface area (Å²) in [7, 11) is 0. The van der Waals surface area contributed by atoms with E-state index in [0.29, 0.717) is 22.9 Å². The summed E-state index contributed by atoms with van der Waals surface area (Å²) >= 11 is 0. The average Bonchev–Trinajstić information content (AvgIpc) is 3.37. The summed E-state index contributed by atoms with van der Waals surface area (Å²) in [6, 6.07) is 8.19. The summed E-state index contributed by atoms with van der Waals surface area (Å²) in [6.45, 7) is 4.23. The largest absolute Gasteiger partial charge is 0.430 e. The third kappa shape index (κ3) is 2.69. The van der Waals surface area contributed by atoms with Crippen LogP contribution in [0.15, 0.2) is 42.7 Å². The molecule has 2 aliphatic heterocycles. The Hall–Kier alpha value is -3.33. The zero-order valence-electron chi connectivity index (χ0n) is 16.2. The van der Waals surface area contributed by atoms with E-state index in [-0.39, 0.29) is 35.4 Å². The molecule has 2 aliphatic rings. The zero-order valence-corrected chi connectivity index (χ0v) is 16.2. The van der Waals surface area contributed by atoms with Crippen molar-refractivity contribution in [3.63, 3.8) is 0 Å². The van der Waals surface area contributed by atoms with Gasteiger partial charge in [0.15, 0.2) is 11.9 Å². The number of halogens is 2. The molecule has 30 heavy (non-hydrogen) atoms. The maximum Gasteiger partial charge on any atom is 0.429 e. The van der Waals surface area contributed by atoms with Crippen LogP contribution in [0.5, 0.6) is 5.75 Å². The molecule has 0 aliphatic carbocycles. The fourth-order valence-corrected chi connectivity index (χ4v) is 3.86. The number of imidazole rings is 1. The summed E-state index contributed by atoms with van der Waals surface area (Å²) in [6.07, 6.45) is -2.19. The highest BCUT2D eigenvalue weighted by Crippen LogP contribution is 2.47. The highest BCUT2D eigenvalue weighted by Gasteiger charge is 2.50. The monoisotopic (exact) mass is 412 g/mol. The van der Waals surface area contributed by atoms with Crippen molar-refractivity contribution in [3.05, 3.63) is 59.4 Å². The van der Waals surface area contributed by atoms with Crippen LogP contribution in [0.3, 0.4) is 0 Å². The summed E-state index contributed by atoms with van der Waals surface area (Å²) in [5.41, 5.74) is 1.40. The number of aromatic nitrogens is 3. The fourth-order valence-electron chi connectivity index (χ4n) is 3.86. The number of carbonyl (C=O) groups excluding carboxylic acids is 1. The Labute approximate surface area is 170 Å². The van der Waals surface area contributed by atoms with Crippen LogP contribution < -0.4 is 9.64 Å². The molecule has 2 aromatic heterocycles. The Morgan fingerprint density at radius 1 is 1.30 bits per heavy atom. The molecule has 7 nitrogen and oxygen atoms in total. The van der Waals surface area contributed by atoms with Crippen molar-refractivity contribution in [2.75, 3.05) is 4.90 Å². The number of benzene rings is 1. The fraction of sp³-hybridized carbons (Fsp3) is 0.286. The van der Waals surface area contributed by atoms with Gasteiger partial charge in [0, 0.05) is 29.6 Å². The first-order chi connectivity index (χ1) is 14.3. The third-order valence-electron chi connectivity index (χ3n) is 5.36. The van der Waals surface area contributed by atoms with Gasteiger partial charge in [0.05, 0.1) is 6.54 Å². The standard InChI is InChI=1S/C21H18F2N4O3/c1-11(2)26-7-6-24-19(26)15-4-3-5-17(25-15)27-10-12-8-14-16(9-13(12)20(27)29)30-21(22,23)18(14)28/h3-9,11,18,28H,10H2,1-2H3. The predicted octanol–water partition coefficient (Wildman–Crippen LogP) is 3.71. The highest BCUT2D eigenvalue weighted by atomic mass is 19.3. The van der Waals surface area contributed by atoms with E-state index < -0.39 is 12.2 Å². The van der Waals surface area contributed by atoms with Crippen molar-refractivity contribution in [2.24, 2.45) is 0 Å². The maximum absolute atomic E-state index is 13.6. The predicted molar refractivity (Wildman–Crippen MR) is 103 cm³/mol. The number of nitrogens with zero attached hydrogens (tertiary/aromatic N) is 4. The van der Waals surface area contributed by atoms with E-state index in [1.165, 1.54) is 17.0 Å². The van der Waals surface area contributed by atoms with E-state index in [1.54, 1.807) is 18.3 Å². The van der Waals surface area contributed by atoms with Gasteiger partial charge in [-0.2, -0.15) is 8.78 Å². The van der Waals surface area contributed by atoms with Gasteiger partial charge in [0.2, 0.25) is 0 Å². The molecule has 1 atom stereocenters. The number of rotatable bonds is 3. The molecule has 0 radical (unpaired) electrons. The second kappa shape index (κ2) is 6.33.